The molecule has 4 rings (SSSR count). The third-order valence-corrected chi connectivity index (χ3v) is 6.34. The Kier molecular flexibility index (Phi) is 6.83. The van der Waals surface area contributed by atoms with E-state index in [2.05, 4.69) is 4.99 Å². The van der Waals surface area contributed by atoms with Crippen LogP contribution in [-0.4, -0.2) is 64.7 Å². The monoisotopic (exact) mass is 471 g/mol. The van der Waals surface area contributed by atoms with Gasteiger partial charge in [-0.3, -0.25) is 14.5 Å². The highest BCUT2D eigenvalue weighted by atomic mass is 35.5. The molecule has 2 heterocycles. The lowest BCUT2D eigenvalue weighted by Crippen LogP contribution is -2.40. The van der Waals surface area contributed by atoms with E-state index in [0.29, 0.717) is 64.8 Å². The fraction of sp³-hybridized carbons (Fsp3) is 0.261. The molecule has 2 aromatic rings. The molecule has 0 saturated carbocycles. The van der Waals surface area contributed by atoms with Crippen molar-refractivity contribution in [1.29, 1.82) is 0 Å². The molecule has 2 saturated heterocycles. The smallest absolute Gasteiger partial charge is 0.266 e. The number of aromatic hydroxyl groups is 1. The van der Waals surface area contributed by atoms with Gasteiger partial charge < -0.3 is 14.7 Å². The van der Waals surface area contributed by atoms with Gasteiger partial charge in [0, 0.05) is 35.8 Å². The summed E-state index contributed by atoms with van der Waals surface area (Å²) in [4.78, 5) is 34.1. The summed E-state index contributed by atoms with van der Waals surface area (Å²) in [5.41, 5.74) is 1.60. The molecule has 2 aliphatic rings. The predicted octanol–water partition coefficient (Wildman–Crippen LogP) is 4.14. The van der Waals surface area contributed by atoms with Gasteiger partial charge in [0.25, 0.3) is 11.8 Å². The van der Waals surface area contributed by atoms with Gasteiger partial charge in [0.2, 0.25) is 0 Å². The fourth-order valence-corrected chi connectivity index (χ4v) is 4.65. The van der Waals surface area contributed by atoms with Gasteiger partial charge in [0.1, 0.15) is 5.75 Å². The van der Waals surface area contributed by atoms with Crippen molar-refractivity contribution < 1.29 is 19.4 Å². The van der Waals surface area contributed by atoms with Crippen molar-refractivity contribution in [3.05, 3.63) is 63.5 Å². The van der Waals surface area contributed by atoms with Crippen LogP contribution in [0.3, 0.4) is 0 Å². The van der Waals surface area contributed by atoms with Crippen LogP contribution in [-0.2, 0) is 9.53 Å². The number of phenolic OH excluding ortho intramolecular Hbond substituents is 1. The molecule has 32 heavy (non-hydrogen) atoms. The van der Waals surface area contributed by atoms with Gasteiger partial charge in [-0.2, -0.15) is 0 Å². The number of phenols is 1. The second-order valence-electron chi connectivity index (χ2n) is 7.21. The first-order valence-corrected chi connectivity index (χ1v) is 11.4. The van der Waals surface area contributed by atoms with Gasteiger partial charge in [-0.05, 0) is 61.2 Å². The quantitative estimate of drug-likeness (QED) is 0.677. The molecule has 7 nitrogen and oxygen atoms in total. The molecule has 0 atom stereocenters. The molecule has 2 fully saturated rings. The zero-order valence-corrected chi connectivity index (χ0v) is 19.0. The molecule has 166 valence electrons. The number of halogens is 1. The third-order valence-electron chi connectivity index (χ3n) is 5.10. The molecule has 0 radical (unpaired) electrons. The van der Waals surface area contributed by atoms with Crippen molar-refractivity contribution in [1.82, 2.24) is 9.80 Å². The largest absolute Gasteiger partial charge is 0.507 e. The summed E-state index contributed by atoms with van der Waals surface area (Å²) >= 11 is 7.24. The van der Waals surface area contributed by atoms with E-state index in [-0.39, 0.29) is 17.6 Å². The Morgan fingerprint density at radius 1 is 1.25 bits per heavy atom. The van der Waals surface area contributed by atoms with Gasteiger partial charge >= 0.3 is 0 Å². The van der Waals surface area contributed by atoms with E-state index >= 15 is 0 Å². The van der Waals surface area contributed by atoms with Crippen molar-refractivity contribution in [3.63, 3.8) is 0 Å². The number of carbonyl (C=O) groups excluding carboxylic acids is 2. The van der Waals surface area contributed by atoms with E-state index in [1.54, 1.807) is 52.3 Å². The summed E-state index contributed by atoms with van der Waals surface area (Å²) in [5, 5.41) is 11.1. The van der Waals surface area contributed by atoms with Crippen molar-refractivity contribution >= 4 is 52.1 Å². The molecular formula is C23H22ClN3O4S. The zero-order valence-electron chi connectivity index (χ0n) is 17.5. The Balaban J connectivity index is 1.61. The molecule has 2 aromatic carbocycles. The average molecular weight is 472 g/mol. The van der Waals surface area contributed by atoms with Crippen molar-refractivity contribution in [2.24, 2.45) is 4.99 Å². The highest BCUT2D eigenvalue weighted by Gasteiger charge is 2.32. The van der Waals surface area contributed by atoms with Crippen LogP contribution < -0.4 is 0 Å². The normalized spacial score (nSPS) is 19.2. The highest BCUT2D eigenvalue weighted by molar-refractivity contribution is 8.18. The Morgan fingerprint density at radius 2 is 2.03 bits per heavy atom. The van der Waals surface area contributed by atoms with Gasteiger partial charge in [-0.1, -0.05) is 17.7 Å². The predicted molar refractivity (Wildman–Crippen MR) is 126 cm³/mol. The molecule has 0 bridgehead atoms. The highest BCUT2D eigenvalue weighted by Crippen LogP contribution is 2.36. The van der Waals surface area contributed by atoms with E-state index in [0.717, 1.165) is 0 Å². The van der Waals surface area contributed by atoms with Crippen LogP contribution in [0.5, 0.6) is 5.75 Å². The molecule has 2 amide bonds. The number of amidine groups is 1. The summed E-state index contributed by atoms with van der Waals surface area (Å²) in [6, 6.07) is 11.7. The first-order valence-electron chi connectivity index (χ1n) is 10.2. The number of ether oxygens (including phenoxy) is 1. The molecule has 0 aromatic heterocycles. The summed E-state index contributed by atoms with van der Waals surface area (Å²) in [6.45, 7) is 4.51. The van der Waals surface area contributed by atoms with Gasteiger partial charge in [-0.25, -0.2) is 4.99 Å². The first-order chi connectivity index (χ1) is 15.5. The minimum absolute atomic E-state index is 0.0399. The van der Waals surface area contributed by atoms with E-state index in [1.807, 2.05) is 6.92 Å². The number of morpholine rings is 1. The second-order valence-corrected chi connectivity index (χ2v) is 8.66. The van der Waals surface area contributed by atoms with Crippen molar-refractivity contribution in [2.45, 2.75) is 6.92 Å². The van der Waals surface area contributed by atoms with Crippen molar-refractivity contribution in [3.8, 4) is 5.75 Å². The number of amides is 2. The maximum atomic E-state index is 12.9. The number of nitrogens with zero attached hydrogens (tertiary/aromatic N) is 3. The lowest BCUT2D eigenvalue weighted by Gasteiger charge is -2.26. The van der Waals surface area contributed by atoms with E-state index in [4.69, 9.17) is 16.3 Å². The standard InChI is InChI=1S/C23H22ClN3O4S/c1-2-27-22(30)20(14-16-12-17(24)6-7-19(16)28)32-23(27)25-18-5-3-4-15(13-18)21(29)26-8-10-31-11-9-26/h3-7,12-14,28H,2,8-11H2,1H3/b20-14+,25-23?. The molecule has 1 N–H and O–H groups in total. The molecule has 0 spiro atoms. The minimum Gasteiger partial charge on any atom is -0.507 e. The maximum Gasteiger partial charge on any atom is 0.266 e. The fourth-order valence-electron chi connectivity index (χ4n) is 3.42. The minimum atomic E-state index is -0.198. The van der Waals surface area contributed by atoms with Crippen LogP contribution in [0.1, 0.15) is 22.8 Å². The average Bonchev–Trinajstić information content (AvgIpc) is 3.10. The lowest BCUT2D eigenvalue weighted by atomic mass is 10.1. The molecule has 2 aliphatic heterocycles. The molecule has 9 heteroatoms. The molecular weight excluding hydrogens is 450 g/mol. The zero-order chi connectivity index (χ0) is 22.7. The maximum absolute atomic E-state index is 12.9. The van der Waals surface area contributed by atoms with Crippen LogP contribution in [0.15, 0.2) is 52.4 Å². The molecule has 0 unspecified atom stereocenters. The summed E-state index contributed by atoms with van der Waals surface area (Å²) < 4.78 is 5.31. The number of rotatable bonds is 4. The van der Waals surface area contributed by atoms with Gasteiger partial charge in [0.05, 0.1) is 23.8 Å². The number of likely N-dealkylation sites (N-methyl/N-ethyl adjacent to an activating group) is 1. The second kappa shape index (κ2) is 9.77. The van der Waals surface area contributed by atoms with Crippen LogP contribution in [0.4, 0.5) is 5.69 Å². The van der Waals surface area contributed by atoms with Crippen LogP contribution >= 0.6 is 23.4 Å². The topological polar surface area (TPSA) is 82.4 Å². The number of hydrogen-bond donors (Lipinski definition) is 1. The number of carbonyl (C=O) groups is 2. The third kappa shape index (κ3) is 4.82. The first kappa shape index (κ1) is 22.4. The summed E-state index contributed by atoms with van der Waals surface area (Å²) in [5.74, 6) is -0.218. The number of hydrogen-bond acceptors (Lipinski definition) is 6. The Bertz CT molecular complexity index is 1110. The lowest BCUT2D eigenvalue weighted by molar-refractivity contribution is -0.122. The molecule has 0 aliphatic carbocycles. The van der Waals surface area contributed by atoms with Crippen molar-refractivity contribution in [2.75, 3.05) is 32.8 Å². The Labute approximate surface area is 195 Å². The van der Waals surface area contributed by atoms with Crippen LogP contribution in [0.25, 0.3) is 6.08 Å². The summed E-state index contributed by atoms with van der Waals surface area (Å²) in [6.07, 6.45) is 1.61. The number of benzene rings is 2. The van der Waals surface area contributed by atoms with E-state index in [1.165, 1.54) is 17.8 Å². The number of thioether (sulfide) groups is 1. The van der Waals surface area contributed by atoms with E-state index in [9.17, 15) is 14.7 Å². The van der Waals surface area contributed by atoms with Crippen LogP contribution in [0.2, 0.25) is 5.02 Å². The van der Waals surface area contributed by atoms with Gasteiger partial charge in [0.15, 0.2) is 5.17 Å². The SMILES string of the molecule is CCN1C(=O)/C(=C\c2cc(Cl)ccc2O)SC1=Nc1cccc(C(=O)N2CCOCC2)c1. The number of aliphatic imine (C=N–C) groups is 1. The Hall–Kier alpha value is -2.81. The van der Waals surface area contributed by atoms with Crippen LogP contribution in [0, 0.1) is 0 Å². The Morgan fingerprint density at radius 3 is 2.78 bits per heavy atom. The van der Waals surface area contributed by atoms with E-state index < -0.39 is 0 Å². The van der Waals surface area contributed by atoms with Gasteiger partial charge in [-0.15, -0.1) is 0 Å². The summed E-state index contributed by atoms with van der Waals surface area (Å²) in [7, 11) is 0.